The SMILES string of the molecule is Cc1nc(OCC2(N)CCCCC2)cc2n[nH]c(=O)n12. The number of aromatic nitrogens is 4. The van der Waals surface area contributed by atoms with Gasteiger partial charge in [0, 0.05) is 6.07 Å². The average Bonchev–Trinajstić information content (AvgIpc) is 2.80. The summed E-state index contributed by atoms with van der Waals surface area (Å²) in [6.07, 6.45) is 5.52. The lowest BCUT2D eigenvalue weighted by Gasteiger charge is -2.32. The number of hydrogen-bond acceptors (Lipinski definition) is 5. The number of H-pyrrole nitrogens is 1. The van der Waals surface area contributed by atoms with Crippen molar-refractivity contribution < 1.29 is 4.74 Å². The summed E-state index contributed by atoms with van der Waals surface area (Å²) in [7, 11) is 0. The minimum atomic E-state index is -0.292. The maximum atomic E-state index is 11.5. The van der Waals surface area contributed by atoms with Gasteiger partial charge in [-0.2, -0.15) is 10.1 Å². The summed E-state index contributed by atoms with van der Waals surface area (Å²) in [5, 5.41) is 6.32. The van der Waals surface area contributed by atoms with Crippen LogP contribution in [0.25, 0.3) is 5.65 Å². The number of hydrogen-bond donors (Lipinski definition) is 2. The number of rotatable bonds is 3. The van der Waals surface area contributed by atoms with Crippen LogP contribution in [0, 0.1) is 6.92 Å². The molecule has 0 amide bonds. The fourth-order valence-electron chi connectivity index (χ4n) is 2.76. The third-order valence-electron chi connectivity index (χ3n) is 3.90. The van der Waals surface area contributed by atoms with Gasteiger partial charge in [-0.25, -0.2) is 14.3 Å². The lowest BCUT2D eigenvalue weighted by Crippen LogP contribution is -2.47. The molecule has 0 saturated heterocycles. The molecule has 0 radical (unpaired) electrons. The van der Waals surface area contributed by atoms with Gasteiger partial charge >= 0.3 is 5.69 Å². The molecule has 1 saturated carbocycles. The smallest absolute Gasteiger partial charge is 0.349 e. The van der Waals surface area contributed by atoms with Crippen LogP contribution < -0.4 is 16.2 Å². The highest BCUT2D eigenvalue weighted by Crippen LogP contribution is 2.26. The van der Waals surface area contributed by atoms with E-state index in [1.54, 1.807) is 13.0 Å². The first-order valence-corrected chi connectivity index (χ1v) is 6.94. The normalized spacial score (nSPS) is 18.3. The first kappa shape index (κ1) is 13.1. The molecule has 7 heteroatoms. The second-order valence-electron chi connectivity index (χ2n) is 5.58. The Bertz CT molecular complexity index is 669. The third kappa shape index (κ3) is 2.40. The Morgan fingerprint density at radius 2 is 2.20 bits per heavy atom. The second-order valence-corrected chi connectivity index (χ2v) is 5.58. The molecule has 3 rings (SSSR count). The number of ether oxygens (including phenoxy) is 1. The van der Waals surface area contributed by atoms with Gasteiger partial charge in [0.2, 0.25) is 5.88 Å². The van der Waals surface area contributed by atoms with E-state index >= 15 is 0 Å². The van der Waals surface area contributed by atoms with Crippen molar-refractivity contribution in [2.24, 2.45) is 5.73 Å². The van der Waals surface area contributed by atoms with E-state index < -0.39 is 0 Å². The Labute approximate surface area is 116 Å². The minimum Gasteiger partial charge on any atom is -0.476 e. The van der Waals surface area contributed by atoms with E-state index in [1.165, 1.54) is 10.8 Å². The van der Waals surface area contributed by atoms with E-state index in [1.807, 2.05) is 0 Å². The van der Waals surface area contributed by atoms with Crippen LogP contribution in [-0.4, -0.2) is 31.7 Å². The van der Waals surface area contributed by atoms with Crippen molar-refractivity contribution in [3.8, 4) is 5.88 Å². The van der Waals surface area contributed by atoms with Crippen molar-refractivity contribution in [2.75, 3.05) is 6.61 Å². The van der Waals surface area contributed by atoms with E-state index in [-0.39, 0.29) is 11.2 Å². The van der Waals surface area contributed by atoms with Crippen LogP contribution in [0.2, 0.25) is 0 Å². The largest absolute Gasteiger partial charge is 0.476 e. The standard InChI is InChI=1S/C13H19N5O2/c1-9-15-11(7-10-16-17-12(19)18(9)10)20-8-13(14)5-3-2-4-6-13/h7H,2-6,8,14H2,1H3,(H,17,19). The maximum Gasteiger partial charge on any atom is 0.349 e. The molecule has 0 aliphatic heterocycles. The van der Waals surface area contributed by atoms with E-state index in [9.17, 15) is 4.79 Å². The quantitative estimate of drug-likeness (QED) is 0.863. The van der Waals surface area contributed by atoms with Crippen molar-refractivity contribution in [2.45, 2.75) is 44.6 Å². The Morgan fingerprint density at radius 1 is 1.45 bits per heavy atom. The maximum absolute atomic E-state index is 11.5. The highest BCUT2D eigenvalue weighted by molar-refractivity contribution is 5.40. The highest BCUT2D eigenvalue weighted by atomic mass is 16.5. The second kappa shape index (κ2) is 4.90. The fourth-order valence-corrected chi connectivity index (χ4v) is 2.76. The number of nitrogens with one attached hydrogen (secondary N) is 1. The summed E-state index contributed by atoms with van der Waals surface area (Å²) >= 11 is 0. The highest BCUT2D eigenvalue weighted by Gasteiger charge is 2.28. The van der Waals surface area contributed by atoms with Gasteiger partial charge in [0.25, 0.3) is 0 Å². The number of aromatic amines is 1. The monoisotopic (exact) mass is 277 g/mol. The predicted octanol–water partition coefficient (Wildman–Crippen LogP) is 0.766. The van der Waals surface area contributed by atoms with Gasteiger partial charge in [0.05, 0.1) is 5.54 Å². The van der Waals surface area contributed by atoms with Gasteiger partial charge in [0.15, 0.2) is 5.65 Å². The molecule has 7 nitrogen and oxygen atoms in total. The summed E-state index contributed by atoms with van der Waals surface area (Å²) < 4.78 is 7.15. The molecule has 108 valence electrons. The van der Waals surface area contributed by atoms with Crippen LogP contribution >= 0.6 is 0 Å². The molecule has 20 heavy (non-hydrogen) atoms. The molecular formula is C13H19N5O2. The summed E-state index contributed by atoms with van der Waals surface area (Å²) in [5.41, 5.74) is 6.29. The molecule has 1 aliphatic rings. The summed E-state index contributed by atoms with van der Waals surface area (Å²) in [5.74, 6) is 1.01. The Balaban J connectivity index is 1.79. The van der Waals surface area contributed by atoms with Gasteiger partial charge in [-0.05, 0) is 19.8 Å². The molecule has 1 fully saturated rings. The van der Waals surface area contributed by atoms with E-state index in [0.29, 0.717) is 24.0 Å². The van der Waals surface area contributed by atoms with Gasteiger partial charge in [0.1, 0.15) is 12.4 Å². The lowest BCUT2D eigenvalue weighted by atomic mass is 9.83. The zero-order valence-corrected chi connectivity index (χ0v) is 11.6. The zero-order chi connectivity index (χ0) is 14.2. The lowest BCUT2D eigenvalue weighted by molar-refractivity contribution is 0.169. The van der Waals surface area contributed by atoms with E-state index in [4.69, 9.17) is 10.5 Å². The first-order chi connectivity index (χ1) is 9.57. The fraction of sp³-hybridized carbons (Fsp3) is 0.615. The Morgan fingerprint density at radius 3 is 2.95 bits per heavy atom. The molecule has 2 aromatic rings. The predicted molar refractivity (Wildman–Crippen MR) is 73.8 cm³/mol. The van der Waals surface area contributed by atoms with Crippen LogP contribution in [0.15, 0.2) is 10.9 Å². The van der Waals surface area contributed by atoms with Crippen molar-refractivity contribution in [1.29, 1.82) is 0 Å². The van der Waals surface area contributed by atoms with Gasteiger partial charge < -0.3 is 10.5 Å². The zero-order valence-electron chi connectivity index (χ0n) is 11.6. The number of fused-ring (bicyclic) bond motifs is 1. The molecule has 2 heterocycles. The van der Waals surface area contributed by atoms with Crippen molar-refractivity contribution in [1.82, 2.24) is 19.6 Å². The van der Waals surface area contributed by atoms with Gasteiger partial charge in [-0.1, -0.05) is 19.3 Å². The van der Waals surface area contributed by atoms with E-state index in [2.05, 4.69) is 15.2 Å². The average molecular weight is 277 g/mol. The number of nitrogens with two attached hydrogens (primary N) is 1. The molecule has 2 aromatic heterocycles. The summed E-state index contributed by atoms with van der Waals surface area (Å²) in [6.45, 7) is 2.19. The van der Waals surface area contributed by atoms with E-state index in [0.717, 1.165) is 25.7 Å². The van der Waals surface area contributed by atoms with Crippen LogP contribution in [0.1, 0.15) is 37.9 Å². The van der Waals surface area contributed by atoms with Crippen LogP contribution in [0.3, 0.4) is 0 Å². The molecule has 3 N–H and O–H groups in total. The molecule has 0 spiro atoms. The van der Waals surface area contributed by atoms with Crippen molar-refractivity contribution in [3.05, 3.63) is 22.4 Å². The van der Waals surface area contributed by atoms with Crippen LogP contribution in [0.4, 0.5) is 0 Å². The summed E-state index contributed by atoms with van der Waals surface area (Å²) in [4.78, 5) is 15.8. The molecule has 0 bridgehead atoms. The van der Waals surface area contributed by atoms with Crippen molar-refractivity contribution >= 4 is 5.65 Å². The Hall–Kier alpha value is -1.89. The minimum absolute atomic E-state index is 0.259. The topological polar surface area (TPSA) is 98.3 Å². The Kier molecular flexibility index (Phi) is 3.21. The van der Waals surface area contributed by atoms with Crippen molar-refractivity contribution in [3.63, 3.8) is 0 Å². The first-order valence-electron chi connectivity index (χ1n) is 6.94. The van der Waals surface area contributed by atoms with Crippen LogP contribution in [-0.2, 0) is 0 Å². The summed E-state index contributed by atoms with van der Waals surface area (Å²) in [6, 6.07) is 1.65. The molecule has 1 aliphatic carbocycles. The number of aryl methyl sites for hydroxylation is 1. The molecule has 0 atom stereocenters. The third-order valence-corrected chi connectivity index (χ3v) is 3.90. The van der Waals surface area contributed by atoms with Crippen LogP contribution in [0.5, 0.6) is 5.88 Å². The molecule has 0 aromatic carbocycles. The van der Waals surface area contributed by atoms with Gasteiger partial charge in [-0.15, -0.1) is 0 Å². The molecular weight excluding hydrogens is 258 g/mol. The van der Waals surface area contributed by atoms with Gasteiger partial charge in [-0.3, -0.25) is 0 Å². The number of nitrogens with zero attached hydrogens (tertiary/aromatic N) is 3. The molecule has 0 unspecified atom stereocenters.